The predicted octanol–water partition coefficient (Wildman–Crippen LogP) is 1.33. The molecule has 1 unspecified atom stereocenters. The van der Waals surface area contributed by atoms with Crippen LogP contribution >= 0.6 is 0 Å². The van der Waals surface area contributed by atoms with Gasteiger partial charge in [0.1, 0.15) is 0 Å². The van der Waals surface area contributed by atoms with Crippen LogP contribution in [0.3, 0.4) is 0 Å². The van der Waals surface area contributed by atoms with Crippen molar-refractivity contribution in [3.63, 3.8) is 0 Å². The van der Waals surface area contributed by atoms with E-state index in [-0.39, 0.29) is 0 Å². The maximum Gasteiger partial charge on any atom is 0.248 e. The lowest BCUT2D eigenvalue weighted by atomic mass is 10.0. The van der Waals surface area contributed by atoms with Crippen LogP contribution < -0.4 is 16.9 Å². The van der Waals surface area contributed by atoms with E-state index < -0.39 is 5.91 Å². The summed E-state index contributed by atoms with van der Waals surface area (Å²) < 4.78 is 0. The Labute approximate surface area is 113 Å². The number of carbonyl (C=O) groups is 1. The summed E-state index contributed by atoms with van der Waals surface area (Å²) >= 11 is 0. The van der Waals surface area contributed by atoms with Crippen molar-refractivity contribution in [3.05, 3.63) is 35.4 Å². The summed E-state index contributed by atoms with van der Waals surface area (Å²) in [6, 6.07) is 5.52. The summed E-state index contributed by atoms with van der Waals surface area (Å²) in [7, 11) is 0. The van der Waals surface area contributed by atoms with Gasteiger partial charge in [0.05, 0.1) is 5.70 Å². The van der Waals surface area contributed by atoms with Crippen LogP contribution in [0.2, 0.25) is 0 Å². The first kappa shape index (κ1) is 13.4. The monoisotopic (exact) mass is 260 g/mol. The summed E-state index contributed by atoms with van der Waals surface area (Å²) in [5.41, 5.74) is 17.7. The molecule has 5 nitrogen and oxygen atoms in total. The van der Waals surface area contributed by atoms with Crippen molar-refractivity contribution in [1.29, 1.82) is 0 Å². The maximum atomic E-state index is 11.1. The summed E-state index contributed by atoms with van der Waals surface area (Å²) in [6.07, 6.45) is 3.18. The van der Waals surface area contributed by atoms with Crippen LogP contribution in [0.25, 0.3) is 5.70 Å². The molecule has 0 saturated heterocycles. The number of anilines is 1. The minimum absolute atomic E-state index is 0.324. The highest BCUT2D eigenvalue weighted by Gasteiger charge is 2.22. The fourth-order valence-corrected chi connectivity index (χ4v) is 2.24. The molecule has 1 amide bonds. The van der Waals surface area contributed by atoms with Gasteiger partial charge in [-0.25, -0.2) is 5.43 Å². The second kappa shape index (κ2) is 5.32. The Morgan fingerprint density at radius 1 is 1.42 bits per heavy atom. The van der Waals surface area contributed by atoms with E-state index in [9.17, 15) is 4.79 Å². The first-order valence-corrected chi connectivity index (χ1v) is 6.52. The van der Waals surface area contributed by atoms with Crippen LogP contribution in [0.1, 0.15) is 36.2 Å². The van der Waals surface area contributed by atoms with Crippen molar-refractivity contribution < 1.29 is 4.79 Å². The molecule has 1 aliphatic heterocycles. The Bertz CT molecular complexity index is 524. The lowest BCUT2D eigenvalue weighted by Gasteiger charge is -2.23. The molecule has 0 fully saturated rings. The molecule has 1 aromatic carbocycles. The number of nitrogens with two attached hydrogens (primary N) is 2. The molecule has 5 N–H and O–H groups in total. The van der Waals surface area contributed by atoms with Gasteiger partial charge in [-0.05, 0) is 37.6 Å². The molecule has 5 heteroatoms. The third-order valence-electron chi connectivity index (χ3n) is 3.34. The first-order chi connectivity index (χ1) is 9.06. The van der Waals surface area contributed by atoms with Crippen LogP contribution in [-0.4, -0.2) is 23.5 Å². The number of nitrogen functional groups attached to an aromatic ring is 1. The molecular formula is C14H20N4O. The zero-order chi connectivity index (χ0) is 14.0. The van der Waals surface area contributed by atoms with Crippen molar-refractivity contribution in [3.8, 4) is 0 Å². The van der Waals surface area contributed by atoms with Gasteiger partial charge in [-0.15, -0.1) is 0 Å². The molecule has 1 atom stereocenters. The van der Waals surface area contributed by atoms with Gasteiger partial charge in [-0.1, -0.05) is 6.92 Å². The zero-order valence-electron chi connectivity index (χ0n) is 11.3. The topological polar surface area (TPSA) is 84.4 Å². The number of benzene rings is 1. The number of hydrogen-bond acceptors (Lipinski definition) is 4. The van der Waals surface area contributed by atoms with Crippen LogP contribution in [0.5, 0.6) is 0 Å². The molecule has 0 aromatic heterocycles. The van der Waals surface area contributed by atoms with Gasteiger partial charge >= 0.3 is 0 Å². The molecule has 1 heterocycles. The summed E-state index contributed by atoms with van der Waals surface area (Å²) in [5, 5.41) is 2.07. The predicted molar refractivity (Wildman–Crippen MR) is 76.9 cm³/mol. The number of rotatable bonds is 4. The molecule has 0 spiro atoms. The minimum atomic E-state index is -0.462. The number of nitrogens with one attached hydrogen (secondary N) is 1. The van der Waals surface area contributed by atoms with Crippen LogP contribution in [-0.2, 0) is 0 Å². The molecule has 19 heavy (non-hydrogen) atoms. The summed E-state index contributed by atoms with van der Waals surface area (Å²) in [4.78, 5) is 11.1. The Morgan fingerprint density at radius 2 is 2.16 bits per heavy atom. The lowest BCUT2D eigenvalue weighted by Crippen LogP contribution is -2.36. The standard InChI is InChI=1S/C14H20N4O/c1-3-10-8-13(18(4-2)17-10)11-6-5-9(14(16)19)7-12(11)15/h5-8,10,17H,3-4,15H2,1-2H3,(H2,16,19). The van der Waals surface area contributed by atoms with Crippen molar-refractivity contribution in [1.82, 2.24) is 10.4 Å². The van der Waals surface area contributed by atoms with Crippen molar-refractivity contribution in [2.45, 2.75) is 26.3 Å². The molecule has 0 radical (unpaired) electrons. The fourth-order valence-electron chi connectivity index (χ4n) is 2.24. The number of hydrogen-bond donors (Lipinski definition) is 3. The van der Waals surface area contributed by atoms with Crippen LogP contribution in [0.15, 0.2) is 24.3 Å². The normalized spacial score (nSPS) is 18.5. The van der Waals surface area contributed by atoms with Gasteiger partial charge in [-0.3, -0.25) is 4.79 Å². The fraction of sp³-hybridized carbons (Fsp3) is 0.357. The summed E-state index contributed by atoms with van der Waals surface area (Å²) in [5.74, 6) is -0.462. The van der Waals surface area contributed by atoms with E-state index in [4.69, 9.17) is 11.5 Å². The third kappa shape index (κ3) is 2.56. The largest absolute Gasteiger partial charge is 0.398 e. The van der Waals surface area contributed by atoms with Gasteiger partial charge in [0.25, 0.3) is 0 Å². The van der Waals surface area contributed by atoms with E-state index in [2.05, 4.69) is 30.4 Å². The molecule has 102 valence electrons. The van der Waals surface area contributed by atoms with Gasteiger partial charge in [0, 0.05) is 29.4 Å². The minimum Gasteiger partial charge on any atom is -0.398 e. The second-order valence-electron chi connectivity index (χ2n) is 4.61. The molecule has 0 bridgehead atoms. The molecule has 1 aliphatic rings. The van der Waals surface area contributed by atoms with E-state index >= 15 is 0 Å². The van der Waals surface area contributed by atoms with Crippen LogP contribution in [0, 0.1) is 0 Å². The average Bonchev–Trinajstić information content (AvgIpc) is 2.81. The van der Waals surface area contributed by atoms with Gasteiger partial charge in [0.2, 0.25) is 5.91 Å². The van der Waals surface area contributed by atoms with Crippen molar-refractivity contribution >= 4 is 17.3 Å². The maximum absolute atomic E-state index is 11.1. The Kier molecular flexibility index (Phi) is 3.76. The van der Waals surface area contributed by atoms with E-state index in [1.807, 2.05) is 6.07 Å². The van der Waals surface area contributed by atoms with Gasteiger partial charge in [-0.2, -0.15) is 0 Å². The number of primary amides is 1. The summed E-state index contributed by atoms with van der Waals surface area (Å²) in [6.45, 7) is 5.05. The number of nitrogens with zero attached hydrogens (tertiary/aromatic N) is 1. The number of hydrazine groups is 1. The molecule has 2 rings (SSSR count). The first-order valence-electron chi connectivity index (χ1n) is 6.52. The van der Waals surface area contributed by atoms with Crippen molar-refractivity contribution in [2.75, 3.05) is 12.3 Å². The lowest BCUT2D eigenvalue weighted by molar-refractivity contribution is 0.100. The Balaban J connectivity index is 2.38. The molecular weight excluding hydrogens is 240 g/mol. The SMILES string of the molecule is CCC1C=C(c2ccc(C(N)=O)cc2N)N(CC)N1. The molecule has 0 aliphatic carbocycles. The highest BCUT2D eigenvalue weighted by molar-refractivity contribution is 5.94. The molecule has 1 aromatic rings. The second-order valence-corrected chi connectivity index (χ2v) is 4.61. The zero-order valence-corrected chi connectivity index (χ0v) is 11.3. The van der Waals surface area contributed by atoms with Gasteiger partial charge < -0.3 is 16.5 Å². The van der Waals surface area contributed by atoms with Crippen LogP contribution in [0.4, 0.5) is 5.69 Å². The highest BCUT2D eigenvalue weighted by atomic mass is 16.1. The Hall–Kier alpha value is -2.01. The van der Waals surface area contributed by atoms with Crippen molar-refractivity contribution in [2.24, 2.45) is 5.73 Å². The van der Waals surface area contributed by atoms with E-state index in [1.54, 1.807) is 12.1 Å². The average molecular weight is 260 g/mol. The van der Waals surface area contributed by atoms with Gasteiger partial charge in [0.15, 0.2) is 0 Å². The number of amides is 1. The van der Waals surface area contributed by atoms with E-state index in [0.29, 0.717) is 17.3 Å². The third-order valence-corrected chi connectivity index (χ3v) is 3.34. The number of carbonyl (C=O) groups excluding carboxylic acids is 1. The van der Waals surface area contributed by atoms with E-state index in [1.165, 1.54) is 0 Å². The Morgan fingerprint density at radius 3 is 2.68 bits per heavy atom. The quantitative estimate of drug-likeness (QED) is 0.713. The molecule has 0 saturated carbocycles. The van der Waals surface area contributed by atoms with E-state index in [0.717, 1.165) is 24.2 Å². The highest BCUT2D eigenvalue weighted by Crippen LogP contribution is 2.29. The smallest absolute Gasteiger partial charge is 0.248 e.